The van der Waals surface area contributed by atoms with E-state index < -0.39 is 0 Å². The van der Waals surface area contributed by atoms with Crippen LogP contribution in [-0.2, 0) is 0 Å². The summed E-state index contributed by atoms with van der Waals surface area (Å²) in [7, 11) is 0. The highest BCUT2D eigenvalue weighted by molar-refractivity contribution is 5.12. The molecule has 1 unspecified atom stereocenters. The molecule has 1 saturated heterocycles. The van der Waals surface area contributed by atoms with Crippen molar-refractivity contribution in [2.75, 3.05) is 26.3 Å². The van der Waals surface area contributed by atoms with E-state index in [9.17, 15) is 0 Å². The van der Waals surface area contributed by atoms with Crippen molar-refractivity contribution in [2.24, 2.45) is 5.92 Å². The second-order valence-corrected chi connectivity index (χ2v) is 4.12. The number of nitrogens with zero attached hydrogens (tertiary/aromatic N) is 2. The normalized spacial score (nSPS) is 19.2. The maximum absolute atomic E-state index is 5.57. The molecule has 5 nitrogen and oxygen atoms in total. The fourth-order valence-corrected chi connectivity index (χ4v) is 1.91. The van der Waals surface area contributed by atoms with Crippen LogP contribution in [-0.4, -0.2) is 36.3 Å². The zero-order chi connectivity index (χ0) is 11.9. The second-order valence-electron chi connectivity index (χ2n) is 4.12. The van der Waals surface area contributed by atoms with E-state index in [1.165, 1.54) is 6.42 Å². The molecular formula is C12H19N3O2. The molecule has 0 amide bonds. The first-order chi connectivity index (χ1) is 8.38. The fraction of sp³-hybridized carbons (Fsp3) is 0.667. The predicted octanol–water partition coefficient (Wildman–Crippen LogP) is 1.25. The molecule has 0 saturated carbocycles. The van der Waals surface area contributed by atoms with Gasteiger partial charge in [-0.05, 0) is 38.8 Å². The molecule has 1 aromatic rings. The lowest BCUT2D eigenvalue weighted by molar-refractivity contribution is 0.263. The predicted molar refractivity (Wildman–Crippen MR) is 64.3 cm³/mol. The quantitative estimate of drug-likeness (QED) is 0.807. The molecule has 94 valence electrons. The Hall–Kier alpha value is -1.36. The Morgan fingerprint density at radius 3 is 2.88 bits per heavy atom. The van der Waals surface area contributed by atoms with Crippen molar-refractivity contribution in [2.45, 2.75) is 19.8 Å². The monoisotopic (exact) mass is 237 g/mol. The van der Waals surface area contributed by atoms with Gasteiger partial charge in [0.15, 0.2) is 0 Å². The Morgan fingerprint density at radius 1 is 1.35 bits per heavy atom. The number of aromatic nitrogens is 2. The van der Waals surface area contributed by atoms with Crippen LogP contribution >= 0.6 is 0 Å². The van der Waals surface area contributed by atoms with Gasteiger partial charge in [0.05, 0.1) is 25.6 Å². The molecule has 2 heterocycles. The SMILES string of the molecule is CCOc1cncc(OCCC2CCNC2)n1. The molecule has 17 heavy (non-hydrogen) atoms. The van der Waals surface area contributed by atoms with Crippen molar-refractivity contribution in [1.29, 1.82) is 0 Å². The molecule has 0 bridgehead atoms. The van der Waals surface area contributed by atoms with Crippen LogP contribution in [0.5, 0.6) is 11.8 Å². The highest BCUT2D eigenvalue weighted by atomic mass is 16.5. The van der Waals surface area contributed by atoms with E-state index in [1.807, 2.05) is 6.92 Å². The molecular weight excluding hydrogens is 218 g/mol. The van der Waals surface area contributed by atoms with Gasteiger partial charge in [0.2, 0.25) is 11.8 Å². The fourth-order valence-electron chi connectivity index (χ4n) is 1.91. The number of hydrogen-bond donors (Lipinski definition) is 1. The Morgan fingerprint density at radius 2 is 2.18 bits per heavy atom. The third-order valence-corrected chi connectivity index (χ3v) is 2.82. The van der Waals surface area contributed by atoms with Crippen molar-refractivity contribution >= 4 is 0 Å². The summed E-state index contributed by atoms with van der Waals surface area (Å²) >= 11 is 0. The third-order valence-electron chi connectivity index (χ3n) is 2.82. The van der Waals surface area contributed by atoms with E-state index in [1.54, 1.807) is 12.4 Å². The van der Waals surface area contributed by atoms with Gasteiger partial charge in [-0.2, -0.15) is 4.98 Å². The minimum Gasteiger partial charge on any atom is -0.477 e. The standard InChI is InChI=1S/C12H19N3O2/c1-2-16-11-8-14-9-12(15-11)17-6-4-10-3-5-13-7-10/h8-10,13H,2-7H2,1H3. The lowest BCUT2D eigenvalue weighted by Crippen LogP contribution is -2.12. The molecule has 1 aromatic heterocycles. The van der Waals surface area contributed by atoms with Crippen LogP contribution in [0.25, 0.3) is 0 Å². The Kier molecular flexibility index (Phi) is 4.55. The van der Waals surface area contributed by atoms with Crippen molar-refractivity contribution in [3.63, 3.8) is 0 Å². The van der Waals surface area contributed by atoms with Crippen molar-refractivity contribution in [3.05, 3.63) is 12.4 Å². The molecule has 1 aliphatic heterocycles. The van der Waals surface area contributed by atoms with Crippen LogP contribution in [0.2, 0.25) is 0 Å². The van der Waals surface area contributed by atoms with Crippen LogP contribution < -0.4 is 14.8 Å². The molecule has 5 heteroatoms. The molecule has 0 spiro atoms. The minimum atomic E-state index is 0.521. The second kappa shape index (κ2) is 6.39. The first kappa shape index (κ1) is 12.1. The van der Waals surface area contributed by atoms with E-state index in [-0.39, 0.29) is 0 Å². The van der Waals surface area contributed by atoms with Gasteiger partial charge in [-0.25, -0.2) is 0 Å². The summed E-state index contributed by atoms with van der Waals surface area (Å²) in [6.07, 6.45) is 5.52. The Bertz CT molecular complexity index is 340. The van der Waals surface area contributed by atoms with Crippen LogP contribution in [0.15, 0.2) is 12.4 Å². The van der Waals surface area contributed by atoms with Gasteiger partial charge < -0.3 is 14.8 Å². The number of hydrogen-bond acceptors (Lipinski definition) is 5. The van der Waals surface area contributed by atoms with Crippen LogP contribution in [0, 0.1) is 5.92 Å². The maximum Gasteiger partial charge on any atom is 0.235 e. The highest BCUT2D eigenvalue weighted by Gasteiger charge is 2.14. The van der Waals surface area contributed by atoms with Gasteiger partial charge in [0.1, 0.15) is 0 Å². The largest absolute Gasteiger partial charge is 0.477 e. The van der Waals surface area contributed by atoms with Gasteiger partial charge in [-0.1, -0.05) is 0 Å². The smallest absolute Gasteiger partial charge is 0.235 e. The summed E-state index contributed by atoms with van der Waals surface area (Å²) in [4.78, 5) is 8.23. The number of rotatable bonds is 6. The Balaban J connectivity index is 1.75. The summed E-state index contributed by atoms with van der Waals surface area (Å²) in [5, 5.41) is 3.34. The summed E-state index contributed by atoms with van der Waals surface area (Å²) in [5.41, 5.74) is 0. The molecule has 0 aromatic carbocycles. The van der Waals surface area contributed by atoms with E-state index in [2.05, 4.69) is 15.3 Å². The lowest BCUT2D eigenvalue weighted by Gasteiger charge is -2.09. The maximum atomic E-state index is 5.57. The van der Waals surface area contributed by atoms with Crippen molar-refractivity contribution in [1.82, 2.24) is 15.3 Å². The molecule has 0 radical (unpaired) electrons. The van der Waals surface area contributed by atoms with Crippen molar-refractivity contribution in [3.8, 4) is 11.8 Å². The first-order valence-electron chi connectivity index (χ1n) is 6.17. The summed E-state index contributed by atoms with van der Waals surface area (Å²) in [6, 6.07) is 0. The minimum absolute atomic E-state index is 0.521. The first-order valence-corrected chi connectivity index (χ1v) is 6.17. The Labute approximate surface area is 102 Å². The van der Waals surface area contributed by atoms with E-state index in [0.29, 0.717) is 25.0 Å². The van der Waals surface area contributed by atoms with Gasteiger partial charge in [0.25, 0.3) is 0 Å². The molecule has 1 N–H and O–H groups in total. The van der Waals surface area contributed by atoms with Crippen LogP contribution in [0.3, 0.4) is 0 Å². The third kappa shape index (κ3) is 3.85. The molecule has 0 aliphatic carbocycles. The summed E-state index contributed by atoms with van der Waals surface area (Å²) in [6.45, 7) is 5.43. The summed E-state index contributed by atoms with van der Waals surface area (Å²) in [5.74, 6) is 1.80. The van der Waals surface area contributed by atoms with E-state index in [4.69, 9.17) is 9.47 Å². The van der Waals surface area contributed by atoms with Gasteiger partial charge in [0, 0.05) is 0 Å². The zero-order valence-electron chi connectivity index (χ0n) is 10.2. The summed E-state index contributed by atoms with van der Waals surface area (Å²) < 4.78 is 10.8. The van der Waals surface area contributed by atoms with Crippen LogP contribution in [0.1, 0.15) is 19.8 Å². The molecule has 1 aliphatic rings. The van der Waals surface area contributed by atoms with Gasteiger partial charge in [-0.15, -0.1) is 0 Å². The van der Waals surface area contributed by atoms with Gasteiger partial charge in [-0.3, -0.25) is 4.98 Å². The number of ether oxygens (including phenoxy) is 2. The zero-order valence-corrected chi connectivity index (χ0v) is 10.2. The highest BCUT2D eigenvalue weighted by Crippen LogP contribution is 2.14. The average molecular weight is 237 g/mol. The topological polar surface area (TPSA) is 56.3 Å². The van der Waals surface area contributed by atoms with Crippen LogP contribution in [0.4, 0.5) is 0 Å². The molecule has 1 atom stereocenters. The van der Waals surface area contributed by atoms with E-state index in [0.717, 1.165) is 25.4 Å². The van der Waals surface area contributed by atoms with Crippen molar-refractivity contribution < 1.29 is 9.47 Å². The average Bonchev–Trinajstić information content (AvgIpc) is 2.83. The number of nitrogens with one attached hydrogen (secondary N) is 1. The lowest BCUT2D eigenvalue weighted by atomic mass is 10.1. The molecule has 2 rings (SSSR count). The van der Waals surface area contributed by atoms with E-state index >= 15 is 0 Å². The molecule has 1 fully saturated rings. The van der Waals surface area contributed by atoms with Gasteiger partial charge >= 0.3 is 0 Å².